The summed E-state index contributed by atoms with van der Waals surface area (Å²) >= 11 is 1.54. The normalized spacial score (nSPS) is 11.2. The number of nitrogens with zero attached hydrogens (tertiary/aromatic N) is 2. The summed E-state index contributed by atoms with van der Waals surface area (Å²) in [4.78, 5) is 32.6. The molecule has 1 amide bonds. The third-order valence-corrected chi connectivity index (χ3v) is 5.65. The molecule has 0 saturated heterocycles. The van der Waals surface area contributed by atoms with Crippen molar-refractivity contribution in [3.05, 3.63) is 59.2 Å². The minimum Gasteiger partial charge on any atom is -0.340 e. The van der Waals surface area contributed by atoms with Crippen LogP contribution in [0, 0.1) is 6.92 Å². The average Bonchev–Trinajstić information content (AvgIpc) is 3.07. The third kappa shape index (κ3) is 4.64. The van der Waals surface area contributed by atoms with Gasteiger partial charge in [-0.2, -0.15) is 0 Å². The number of thiazole rings is 1. The summed E-state index contributed by atoms with van der Waals surface area (Å²) in [6.07, 6.45) is 0.883. The van der Waals surface area contributed by atoms with E-state index in [-0.39, 0.29) is 11.7 Å². The molecule has 146 valence electrons. The Kier molecular flexibility index (Phi) is 6.21. The molecule has 2 aromatic carbocycles. The number of carbonyl (C=O) groups excluding carboxylic acids is 2. The topological polar surface area (TPSA) is 54.7 Å². The van der Waals surface area contributed by atoms with Gasteiger partial charge in [0.25, 0.3) is 5.91 Å². The van der Waals surface area contributed by atoms with Crippen LogP contribution in [-0.2, 0) is 0 Å². The quantitative estimate of drug-likeness (QED) is 0.625. The van der Waals surface area contributed by atoms with Crippen molar-refractivity contribution < 1.29 is 14.5 Å². The molecule has 0 atom stereocenters. The molecule has 0 saturated carbocycles. The zero-order valence-electron chi connectivity index (χ0n) is 16.8. The van der Waals surface area contributed by atoms with Crippen molar-refractivity contribution in [2.75, 3.05) is 32.1 Å². The molecule has 28 heavy (non-hydrogen) atoms. The molecule has 0 spiro atoms. The highest BCUT2D eigenvalue weighted by atomic mass is 32.1. The number of aromatic nitrogens is 1. The van der Waals surface area contributed by atoms with Crippen molar-refractivity contribution in [3.63, 3.8) is 0 Å². The van der Waals surface area contributed by atoms with Crippen molar-refractivity contribution in [3.8, 4) is 0 Å². The monoisotopic (exact) mass is 396 g/mol. The number of nitrogens with one attached hydrogen (secondary N) is 1. The van der Waals surface area contributed by atoms with Gasteiger partial charge >= 0.3 is 0 Å². The maximum absolute atomic E-state index is 13.2. The summed E-state index contributed by atoms with van der Waals surface area (Å²) in [5.74, 6) is -0.0917. The number of aryl methyl sites for hydroxylation is 1. The lowest BCUT2D eigenvalue weighted by molar-refractivity contribution is -0.858. The van der Waals surface area contributed by atoms with Gasteiger partial charge in [0.15, 0.2) is 10.9 Å². The van der Waals surface area contributed by atoms with Crippen molar-refractivity contribution in [2.45, 2.75) is 20.3 Å². The van der Waals surface area contributed by atoms with Crippen LogP contribution in [-0.4, -0.2) is 43.9 Å². The van der Waals surface area contributed by atoms with Crippen LogP contribution in [0.2, 0.25) is 0 Å². The smallest absolute Gasteiger partial charge is 0.260 e. The molecule has 6 heteroatoms. The molecule has 0 unspecified atom stereocenters. The zero-order chi connectivity index (χ0) is 20.3. The van der Waals surface area contributed by atoms with Gasteiger partial charge in [-0.3, -0.25) is 14.5 Å². The Balaban J connectivity index is 1.92. The van der Waals surface area contributed by atoms with Gasteiger partial charge in [0.1, 0.15) is 0 Å². The maximum atomic E-state index is 13.2. The molecule has 0 aliphatic carbocycles. The SMILES string of the molecule is CC(=O)c1ccc(C(=O)N(CCC[NH+](C)C)c2nc3ccc(C)cc3s2)cc1. The lowest BCUT2D eigenvalue weighted by Gasteiger charge is -2.20. The van der Waals surface area contributed by atoms with Crippen molar-refractivity contribution in [1.29, 1.82) is 0 Å². The molecular weight excluding hydrogens is 370 g/mol. The summed E-state index contributed by atoms with van der Waals surface area (Å²) in [6.45, 7) is 5.16. The highest BCUT2D eigenvalue weighted by molar-refractivity contribution is 7.22. The predicted molar refractivity (Wildman–Crippen MR) is 115 cm³/mol. The highest BCUT2D eigenvalue weighted by Crippen LogP contribution is 2.30. The molecule has 0 aliphatic heterocycles. The standard InChI is InChI=1S/C22H25N3O2S/c1-15-6-11-19-20(14-15)28-22(23-19)25(13-5-12-24(3)4)21(27)18-9-7-17(8-10-18)16(2)26/h6-11,14H,5,12-13H2,1-4H3/p+1. The van der Waals surface area contributed by atoms with E-state index >= 15 is 0 Å². The van der Waals surface area contributed by atoms with Crippen LogP contribution in [0.3, 0.4) is 0 Å². The summed E-state index contributed by atoms with van der Waals surface area (Å²) in [7, 11) is 4.21. The van der Waals surface area contributed by atoms with E-state index in [9.17, 15) is 9.59 Å². The van der Waals surface area contributed by atoms with Gasteiger partial charge in [0.2, 0.25) is 0 Å². The zero-order valence-corrected chi connectivity index (χ0v) is 17.6. The Hall–Kier alpha value is -2.57. The number of hydrogen-bond donors (Lipinski definition) is 1. The van der Waals surface area contributed by atoms with Crippen LogP contribution >= 0.6 is 11.3 Å². The lowest BCUT2D eigenvalue weighted by atomic mass is 10.1. The highest BCUT2D eigenvalue weighted by Gasteiger charge is 2.21. The Labute approximate surface area is 169 Å². The molecule has 0 fully saturated rings. The summed E-state index contributed by atoms with van der Waals surface area (Å²) in [5.41, 5.74) is 3.26. The molecule has 0 aliphatic rings. The van der Waals surface area contributed by atoms with Gasteiger partial charge in [-0.05, 0) is 43.7 Å². The largest absolute Gasteiger partial charge is 0.340 e. The molecule has 0 radical (unpaired) electrons. The van der Waals surface area contributed by atoms with E-state index in [1.807, 2.05) is 12.1 Å². The van der Waals surface area contributed by atoms with E-state index in [0.29, 0.717) is 17.7 Å². The number of carbonyl (C=O) groups is 2. The number of anilines is 1. The van der Waals surface area contributed by atoms with Gasteiger partial charge in [0.05, 0.1) is 30.9 Å². The predicted octanol–water partition coefficient (Wildman–Crippen LogP) is 2.99. The first kappa shape index (κ1) is 20.2. The fourth-order valence-corrected chi connectivity index (χ4v) is 4.10. The van der Waals surface area contributed by atoms with E-state index < -0.39 is 0 Å². The minimum atomic E-state index is -0.0837. The Morgan fingerprint density at radius 2 is 1.75 bits per heavy atom. The van der Waals surface area contributed by atoms with E-state index in [0.717, 1.165) is 28.3 Å². The number of Topliss-reactive ketones (excluding diaryl/α,β-unsaturated/α-hetero) is 1. The maximum Gasteiger partial charge on any atom is 0.260 e. The Bertz CT molecular complexity index is 993. The number of fused-ring (bicyclic) bond motifs is 1. The fourth-order valence-electron chi connectivity index (χ4n) is 3.01. The number of hydrogen-bond acceptors (Lipinski definition) is 4. The number of rotatable bonds is 7. The molecule has 3 aromatic rings. The minimum absolute atomic E-state index is 0.00800. The van der Waals surface area contributed by atoms with Crippen molar-refractivity contribution >= 4 is 38.4 Å². The van der Waals surface area contributed by atoms with Crippen LogP contribution in [0.25, 0.3) is 10.2 Å². The molecular formula is C22H26N3O2S+. The summed E-state index contributed by atoms with van der Waals surface area (Å²) in [6, 6.07) is 13.0. The second kappa shape index (κ2) is 8.63. The van der Waals surface area contributed by atoms with Gasteiger partial charge in [0, 0.05) is 24.1 Å². The molecule has 1 N–H and O–H groups in total. The average molecular weight is 397 g/mol. The second-order valence-corrected chi connectivity index (χ2v) is 8.38. The first-order valence-corrected chi connectivity index (χ1v) is 10.3. The van der Waals surface area contributed by atoms with Crippen LogP contribution in [0.4, 0.5) is 5.13 Å². The summed E-state index contributed by atoms with van der Waals surface area (Å²) in [5, 5.41) is 0.718. The van der Waals surface area contributed by atoms with Crippen molar-refractivity contribution in [1.82, 2.24) is 4.98 Å². The first-order valence-electron chi connectivity index (χ1n) is 9.44. The fraction of sp³-hybridized carbons (Fsp3) is 0.318. The number of benzene rings is 2. The van der Waals surface area contributed by atoms with E-state index in [1.54, 1.807) is 40.5 Å². The number of quaternary nitrogens is 1. The van der Waals surface area contributed by atoms with E-state index in [4.69, 9.17) is 4.98 Å². The van der Waals surface area contributed by atoms with Crippen LogP contribution in [0.1, 0.15) is 39.6 Å². The first-order chi connectivity index (χ1) is 13.3. The van der Waals surface area contributed by atoms with Crippen LogP contribution < -0.4 is 9.80 Å². The number of amides is 1. The Morgan fingerprint density at radius 3 is 2.39 bits per heavy atom. The molecule has 0 bridgehead atoms. The lowest BCUT2D eigenvalue weighted by Crippen LogP contribution is -3.05. The molecule has 1 heterocycles. The van der Waals surface area contributed by atoms with Gasteiger partial charge in [-0.1, -0.05) is 29.5 Å². The van der Waals surface area contributed by atoms with Gasteiger partial charge in [-0.15, -0.1) is 0 Å². The van der Waals surface area contributed by atoms with E-state index in [2.05, 4.69) is 27.1 Å². The Morgan fingerprint density at radius 1 is 1.07 bits per heavy atom. The van der Waals surface area contributed by atoms with Crippen molar-refractivity contribution in [2.24, 2.45) is 0 Å². The second-order valence-electron chi connectivity index (χ2n) is 7.37. The van der Waals surface area contributed by atoms with Crippen LogP contribution in [0.15, 0.2) is 42.5 Å². The summed E-state index contributed by atoms with van der Waals surface area (Å²) < 4.78 is 1.08. The molecule has 3 rings (SSSR count). The van der Waals surface area contributed by atoms with Gasteiger partial charge in [-0.25, -0.2) is 4.98 Å². The van der Waals surface area contributed by atoms with E-state index in [1.165, 1.54) is 17.4 Å². The molecule has 5 nitrogen and oxygen atoms in total. The van der Waals surface area contributed by atoms with Crippen LogP contribution in [0.5, 0.6) is 0 Å². The molecule has 1 aromatic heterocycles. The third-order valence-electron chi connectivity index (χ3n) is 4.61. The van der Waals surface area contributed by atoms with Gasteiger partial charge < -0.3 is 4.90 Å². The number of ketones is 1.